The van der Waals surface area contributed by atoms with Gasteiger partial charge in [0.05, 0.1) is 0 Å². The second kappa shape index (κ2) is 3.73. The maximum atomic E-state index is 12.3. The molecule has 2 nitrogen and oxygen atoms in total. The van der Waals surface area contributed by atoms with E-state index in [1.165, 1.54) is 5.56 Å². The van der Waals surface area contributed by atoms with Crippen molar-refractivity contribution in [1.29, 1.82) is 0 Å². The molecule has 2 heteroatoms. The molecule has 0 atom stereocenters. The fourth-order valence-corrected chi connectivity index (χ4v) is 2.42. The highest BCUT2D eigenvalue weighted by molar-refractivity contribution is 5.85. The summed E-state index contributed by atoms with van der Waals surface area (Å²) in [4.78, 5) is 12.3. The molecule has 2 aromatic rings. The molecule has 88 valence electrons. The number of rotatable bonds is 2. The van der Waals surface area contributed by atoms with Crippen LogP contribution < -0.4 is 5.56 Å². The van der Waals surface area contributed by atoms with Crippen LogP contribution >= 0.6 is 0 Å². The van der Waals surface area contributed by atoms with Crippen molar-refractivity contribution in [1.82, 2.24) is 4.57 Å². The lowest BCUT2D eigenvalue weighted by Gasteiger charge is -2.14. The van der Waals surface area contributed by atoms with Crippen molar-refractivity contribution < 1.29 is 0 Å². The van der Waals surface area contributed by atoms with Crippen molar-refractivity contribution in [3.63, 3.8) is 0 Å². The number of fused-ring (bicyclic) bond motifs is 1. The molecule has 0 saturated heterocycles. The Morgan fingerprint density at radius 2 is 1.82 bits per heavy atom. The average Bonchev–Trinajstić information content (AvgIpc) is 3.13. The van der Waals surface area contributed by atoms with Crippen molar-refractivity contribution in [3.8, 4) is 0 Å². The van der Waals surface area contributed by atoms with Gasteiger partial charge in [-0.05, 0) is 35.8 Å². The van der Waals surface area contributed by atoms with Crippen LogP contribution in [0.2, 0.25) is 0 Å². The fourth-order valence-electron chi connectivity index (χ4n) is 2.42. The summed E-state index contributed by atoms with van der Waals surface area (Å²) < 4.78 is 1.94. The summed E-state index contributed by atoms with van der Waals surface area (Å²) in [6, 6.07) is 8.41. The highest BCUT2D eigenvalue weighted by atomic mass is 16.1. The van der Waals surface area contributed by atoms with Crippen LogP contribution in [0.5, 0.6) is 0 Å². The lowest BCUT2D eigenvalue weighted by atomic mass is 9.98. The summed E-state index contributed by atoms with van der Waals surface area (Å²) in [5, 5.41) is 1.98. The predicted molar refractivity (Wildman–Crippen MR) is 70.6 cm³/mol. The Morgan fingerprint density at radius 3 is 2.41 bits per heavy atom. The molecule has 0 spiro atoms. The Bertz CT molecular complexity index is 620. The van der Waals surface area contributed by atoms with E-state index in [1.54, 1.807) is 0 Å². The summed E-state index contributed by atoms with van der Waals surface area (Å²) in [7, 11) is 0. The molecule has 1 fully saturated rings. The molecule has 1 aromatic carbocycles. The van der Waals surface area contributed by atoms with Crippen LogP contribution in [-0.2, 0) is 0 Å². The largest absolute Gasteiger partial charge is 0.312 e. The topological polar surface area (TPSA) is 22.0 Å². The molecule has 3 rings (SSSR count). The third-order valence-electron chi connectivity index (χ3n) is 3.54. The highest BCUT2D eigenvalue weighted by Gasteiger charge is 2.25. The zero-order valence-corrected chi connectivity index (χ0v) is 10.3. The highest BCUT2D eigenvalue weighted by Crippen LogP contribution is 2.35. The van der Waals surface area contributed by atoms with Gasteiger partial charge in [-0.25, -0.2) is 0 Å². The SMILES string of the molecule is CC(C)c1cn(C2CC2)c(=O)c2ccccc12. The minimum Gasteiger partial charge on any atom is -0.312 e. The lowest BCUT2D eigenvalue weighted by Crippen LogP contribution is -2.20. The third-order valence-corrected chi connectivity index (χ3v) is 3.54. The van der Waals surface area contributed by atoms with E-state index in [9.17, 15) is 4.79 Å². The van der Waals surface area contributed by atoms with Crippen LogP contribution in [0.15, 0.2) is 35.3 Å². The van der Waals surface area contributed by atoms with E-state index < -0.39 is 0 Å². The molecule has 0 amide bonds. The second-order valence-electron chi connectivity index (χ2n) is 5.23. The van der Waals surface area contributed by atoms with Crippen molar-refractivity contribution >= 4 is 10.8 Å². The van der Waals surface area contributed by atoms with Gasteiger partial charge in [0, 0.05) is 17.6 Å². The van der Waals surface area contributed by atoms with Gasteiger partial charge in [0.25, 0.3) is 5.56 Å². The summed E-state index contributed by atoms with van der Waals surface area (Å²) in [6.07, 6.45) is 4.37. The van der Waals surface area contributed by atoms with E-state index in [0.717, 1.165) is 23.6 Å². The molecule has 1 aliphatic rings. The smallest absolute Gasteiger partial charge is 0.258 e. The predicted octanol–water partition coefficient (Wildman–Crippen LogP) is 3.46. The van der Waals surface area contributed by atoms with Gasteiger partial charge in [-0.2, -0.15) is 0 Å². The van der Waals surface area contributed by atoms with Gasteiger partial charge < -0.3 is 4.57 Å². The van der Waals surface area contributed by atoms with Crippen LogP contribution in [0.25, 0.3) is 10.8 Å². The first-order chi connectivity index (χ1) is 8.18. The quantitative estimate of drug-likeness (QED) is 0.770. The molecule has 1 saturated carbocycles. The maximum absolute atomic E-state index is 12.3. The molecule has 0 aliphatic heterocycles. The maximum Gasteiger partial charge on any atom is 0.258 e. The standard InChI is InChI=1S/C15H17NO/c1-10(2)14-9-16(11-7-8-11)15(17)13-6-4-3-5-12(13)14/h3-6,9-11H,7-8H2,1-2H3. The van der Waals surface area contributed by atoms with E-state index in [2.05, 4.69) is 26.1 Å². The minimum atomic E-state index is 0.174. The van der Waals surface area contributed by atoms with E-state index >= 15 is 0 Å². The molecule has 0 bridgehead atoms. The van der Waals surface area contributed by atoms with Crippen molar-refractivity contribution in [2.45, 2.75) is 38.6 Å². The van der Waals surface area contributed by atoms with E-state index in [-0.39, 0.29) is 5.56 Å². The van der Waals surface area contributed by atoms with Crippen LogP contribution in [0, 0.1) is 0 Å². The van der Waals surface area contributed by atoms with Crippen molar-refractivity contribution in [2.75, 3.05) is 0 Å². The molecular formula is C15H17NO. The van der Waals surface area contributed by atoms with Crippen molar-refractivity contribution in [2.24, 2.45) is 0 Å². The lowest BCUT2D eigenvalue weighted by molar-refractivity contribution is 0.699. The Hall–Kier alpha value is -1.57. The molecule has 0 unspecified atom stereocenters. The summed E-state index contributed by atoms with van der Waals surface area (Å²) in [6.45, 7) is 4.37. The Kier molecular flexibility index (Phi) is 2.32. The number of hydrogen-bond acceptors (Lipinski definition) is 1. The average molecular weight is 227 g/mol. The molecular weight excluding hydrogens is 210 g/mol. The van der Waals surface area contributed by atoms with Crippen LogP contribution in [0.3, 0.4) is 0 Å². The first-order valence-corrected chi connectivity index (χ1v) is 6.32. The first-order valence-electron chi connectivity index (χ1n) is 6.32. The van der Waals surface area contributed by atoms with E-state index in [1.807, 2.05) is 22.8 Å². The molecule has 1 aliphatic carbocycles. The van der Waals surface area contributed by atoms with Gasteiger partial charge in [0.1, 0.15) is 0 Å². The number of hydrogen-bond donors (Lipinski definition) is 0. The number of nitrogens with zero attached hydrogens (tertiary/aromatic N) is 1. The summed E-state index contributed by atoms with van der Waals surface area (Å²) >= 11 is 0. The molecule has 1 heterocycles. The normalized spacial score (nSPS) is 15.7. The minimum absolute atomic E-state index is 0.174. The molecule has 17 heavy (non-hydrogen) atoms. The number of aromatic nitrogens is 1. The van der Waals surface area contributed by atoms with E-state index in [4.69, 9.17) is 0 Å². The molecule has 0 radical (unpaired) electrons. The van der Waals surface area contributed by atoms with Crippen molar-refractivity contribution in [3.05, 3.63) is 46.4 Å². The second-order valence-corrected chi connectivity index (χ2v) is 5.23. The Labute approximate surface area is 101 Å². The summed E-state index contributed by atoms with van der Waals surface area (Å²) in [5.41, 5.74) is 1.46. The zero-order valence-electron chi connectivity index (χ0n) is 10.3. The van der Waals surface area contributed by atoms with Gasteiger partial charge in [-0.15, -0.1) is 0 Å². The third kappa shape index (κ3) is 1.68. The van der Waals surface area contributed by atoms with Gasteiger partial charge >= 0.3 is 0 Å². The van der Waals surface area contributed by atoms with Crippen LogP contribution in [-0.4, -0.2) is 4.57 Å². The zero-order chi connectivity index (χ0) is 12.0. The Balaban J connectivity index is 2.38. The Morgan fingerprint density at radius 1 is 1.18 bits per heavy atom. The molecule has 0 N–H and O–H groups in total. The van der Waals surface area contributed by atoms with Crippen LogP contribution in [0.4, 0.5) is 0 Å². The molecule has 1 aromatic heterocycles. The first kappa shape index (κ1) is 10.6. The van der Waals surface area contributed by atoms with Gasteiger partial charge in [-0.1, -0.05) is 32.0 Å². The van der Waals surface area contributed by atoms with Gasteiger partial charge in [0.15, 0.2) is 0 Å². The van der Waals surface area contributed by atoms with E-state index in [0.29, 0.717) is 12.0 Å². The number of benzene rings is 1. The van der Waals surface area contributed by atoms with Gasteiger partial charge in [-0.3, -0.25) is 4.79 Å². The van der Waals surface area contributed by atoms with Crippen LogP contribution in [0.1, 0.15) is 44.2 Å². The van der Waals surface area contributed by atoms with Gasteiger partial charge in [0.2, 0.25) is 0 Å². The fraction of sp³-hybridized carbons (Fsp3) is 0.400. The monoisotopic (exact) mass is 227 g/mol. The summed E-state index contributed by atoms with van der Waals surface area (Å²) in [5.74, 6) is 0.450. The number of pyridine rings is 1.